The van der Waals surface area contributed by atoms with E-state index in [1.165, 1.54) is 7.11 Å². The number of anilines is 1. The second-order valence-electron chi connectivity index (χ2n) is 15.5. The van der Waals surface area contributed by atoms with Crippen LogP contribution in [0.25, 0.3) is 0 Å². The Morgan fingerprint density at radius 3 is 2.38 bits per heavy atom. The lowest BCUT2D eigenvalue weighted by Gasteiger charge is -2.58. The Hall–Kier alpha value is -5.27. The molecule has 4 aromatic carbocycles. The summed E-state index contributed by atoms with van der Waals surface area (Å²) in [4.78, 5) is 20.8. The van der Waals surface area contributed by atoms with Gasteiger partial charge in [0, 0.05) is 42.1 Å². The van der Waals surface area contributed by atoms with Crippen molar-refractivity contribution in [2.45, 2.75) is 73.4 Å². The van der Waals surface area contributed by atoms with Gasteiger partial charge in [-0.1, -0.05) is 78.7 Å². The Balaban J connectivity index is 1.35. The summed E-state index contributed by atoms with van der Waals surface area (Å²) in [5, 5.41) is 27.3. The van der Waals surface area contributed by atoms with Crippen molar-refractivity contribution in [1.82, 2.24) is 0 Å². The largest absolute Gasteiger partial charge is 0.497 e. The molecular weight excluding hydrogens is 793 g/mol. The molecule has 3 N–H and O–H groups in total. The molecular formula is C49H56N2O9S. The molecule has 1 aliphatic heterocycles. The predicted octanol–water partition coefficient (Wildman–Crippen LogP) is 9.94. The molecule has 11 nitrogen and oxygen atoms in total. The van der Waals surface area contributed by atoms with Gasteiger partial charge in [-0.15, -0.1) is 18.3 Å². The lowest BCUT2D eigenvalue weighted by Crippen LogP contribution is -2.64. The molecule has 12 heteroatoms. The van der Waals surface area contributed by atoms with E-state index in [0.717, 1.165) is 53.0 Å². The second kappa shape index (κ2) is 21.0. The van der Waals surface area contributed by atoms with Gasteiger partial charge in [0.05, 0.1) is 43.4 Å². The molecule has 7 rings (SSSR count). The van der Waals surface area contributed by atoms with Crippen LogP contribution in [0.5, 0.6) is 23.0 Å². The van der Waals surface area contributed by atoms with E-state index in [1.54, 1.807) is 49.2 Å². The van der Waals surface area contributed by atoms with Crippen LogP contribution >= 0.6 is 11.8 Å². The number of methoxy groups -OCH3 is 2. The number of nitrogens with one attached hydrogen (secondary N) is 1. The van der Waals surface area contributed by atoms with E-state index < -0.39 is 11.9 Å². The van der Waals surface area contributed by atoms with E-state index in [4.69, 9.17) is 33.7 Å². The van der Waals surface area contributed by atoms with E-state index in [1.807, 2.05) is 60.7 Å². The number of aliphatic hydroxyl groups is 2. The normalized spacial score (nSPS) is 23.1. The highest BCUT2D eigenvalue weighted by atomic mass is 32.2. The Morgan fingerprint density at radius 1 is 0.918 bits per heavy atom. The van der Waals surface area contributed by atoms with Gasteiger partial charge in [-0.2, -0.15) is 0 Å². The zero-order chi connectivity index (χ0) is 42.6. The van der Waals surface area contributed by atoms with Crippen LogP contribution in [-0.2, 0) is 16.2 Å². The van der Waals surface area contributed by atoms with Crippen molar-refractivity contribution in [2.75, 3.05) is 39.4 Å². The number of unbranched alkanes of at least 4 members (excludes halogenated alkanes) is 2. The predicted molar refractivity (Wildman–Crippen MR) is 238 cm³/mol. The van der Waals surface area contributed by atoms with Gasteiger partial charge < -0.3 is 38.7 Å². The van der Waals surface area contributed by atoms with Gasteiger partial charge in [0.15, 0.2) is 0 Å². The van der Waals surface area contributed by atoms with Crippen LogP contribution in [0.3, 0.4) is 0 Å². The first-order chi connectivity index (χ1) is 29.9. The smallest absolute Gasteiger partial charge is 0.417 e. The molecule has 6 atom stereocenters. The monoisotopic (exact) mass is 848 g/mol. The van der Waals surface area contributed by atoms with E-state index in [2.05, 4.69) is 30.1 Å². The number of benzene rings is 4. The van der Waals surface area contributed by atoms with E-state index in [9.17, 15) is 15.0 Å². The van der Waals surface area contributed by atoms with Crippen molar-refractivity contribution in [2.24, 2.45) is 22.9 Å². The van der Waals surface area contributed by atoms with Gasteiger partial charge >= 0.3 is 6.09 Å². The highest BCUT2D eigenvalue weighted by Gasteiger charge is 2.64. The molecule has 1 heterocycles. The molecule has 1 saturated carbocycles. The first-order valence-electron chi connectivity index (χ1n) is 21.1. The standard InChI is InChI=1S/C49H56N2O9S/c1-4-27-57-49-45(61-37-18-9-6-10-19-37)31-42(51-58-32-33-15-7-5-8-16-33)39-28-34(17-11-13-25-52)38(20-12-14-26-53)46(47(39)49)40-29-36(22-24-43(40)60-49)59-48(54)50-41-23-21-35(55-2)30-44(41)56-3/h4-10,15-16,18-19,21-24,28-30,34,38,45-47,52-53H,1,11-14,17,20,25-27,31-32H2,2-3H3,(H,50,54)/t34-,38+,45-,46+,47+,49+/m0/s1. The summed E-state index contributed by atoms with van der Waals surface area (Å²) < 4.78 is 31.2. The number of carbonyl (C=O) groups is 1. The summed E-state index contributed by atoms with van der Waals surface area (Å²) >= 11 is 1.70. The quantitative estimate of drug-likeness (QED) is 0.0448. The number of thioether (sulfide) groups is 1. The van der Waals surface area contributed by atoms with Crippen LogP contribution < -0.4 is 24.3 Å². The lowest BCUT2D eigenvalue weighted by atomic mass is 9.56. The summed E-state index contributed by atoms with van der Waals surface area (Å²) in [5.41, 5.74) is 4.20. The van der Waals surface area contributed by atoms with Crippen molar-refractivity contribution >= 4 is 29.3 Å². The molecule has 0 radical (unpaired) electrons. The molecule has 3 aliphatic rings. The van der Waals surface area contributed by atoms with Crippen molar-refractivity contribution in [3.8, 4) is 23.0 Å². The molecule has 0 unspecified atom stereocenters. The first-order valence-corrected chi connectivity index (χ1v) is 22.0. The minimum atomic E-state index is -1.16. The molecule has 0 spiro atoms. The summed E-state index contributed by atoms with van der Waals surface area (Å²) in [7, 11) is 3.09. The third kappa shape index (κ3) is 10.1. The number of carbonyl (C=O) groups excluding carboxylic acids is 1. The summed E-state index contributed by atoms with van der Waals surface area (Å²) in [6.07, 6.45) is 8.61. The summed E-state index contributed by atoms with van der Waals surface area (Å²) in [5.74, 6) is 0.490. The highest BCUT2D eigenvalue weighted by molar-refractivity contribution is 8.00. The number of oxime groups is 1. The fourth-order valence-electron chi connectivity index (χ4n) is 9.05. The minimum absolute atomic E-state index is 0.0768. The van der Waals surface area contributed by atoms with E-state index in [-0.39, 0.29) is 48.7 Å². The fourth-order valence-corrected chi connectivity index (χ4v) is 10.4. The van der Waals surface area contributed by atoms with Crippen LogP contribution in [-0.4, -0.2) is 67.1 Å². The van der Waals surface area contributed by atoms with E-state index >= 15 is 0 Å². The second-order valence-corrected chi connectivity index (χ2v) is 16.8. The number of amides is 1. The van der Waals surface area contributed by atoms with Gasteiger partial charge in [0.25, 0.3) is 0 Å². The summed E-state index contributed by atoms with van der Waals surface area (Å²) in [6.45, 7) is 4.81. The first kappa shape index (κ1) is 43.8. The average Bonchev–Trinajstić information content (AvgIpc) is 3.28. The third-order valence-electron chi connectivity index (χ3n) is 11.7. The van der Waals surface area contributed by atoms with Gasteiger partial charge in [-0.25, -0.2) is 4.79 Å². The van der Waals surface area contributed by atoms with Crippen molar-refractivity contribution in [3.63, 3.8) is 0 Å². The number of ether oxygens (including phenoxy) is 5. The van der Waals surface area contributed by atoms with Crippen LogP contribution in [0, 0.1) is 17.8 Å². The van der Waals surface area contributed by atoms with Gasteiger partial charge in [-0.05, 0) is 91.1 Å². The van der Waals surface area contributed by atoms with Gasteiger partial charge in [-0.3, -0.25) is 5.32 Å². The number of allylic oxidation sites excluding steroid dienone is 1. The Kier molecular flexibility index (Phi) is 15.1. The Morgan fingerprint density at radius 2 is 1.66 bits per heavy atom. The van der Waals surface area contributed by atoms with Gasteiger partial charge in [0.1, 0.15) is 29.6 Å². The number of aliphatic hydroxyl groups excluding tert-OH is 2. The maximum absolute atomic E-state index is 13.5. The van der Waals surface area contributed by atoms with Crippen LogP contribution in [0.15, 0.2) is 131 Å². The number of hydrogen-bond donors (Lipinski definition) is 3. The minimum Gasteiger partial charge on any atom is -0.497 e. The SMILES string of the molecule is C=CCO[C@@]12Oc3ccc(OC(=O)Nc4ccc(OC)cc4OC)cc3[C@H]3[C@H](CCCCO)[C@@H](CCCCO)C=C(C(=NOCc4ccccc4)C[C@@H]1Sc1ccccc1)[C@H]32. The molecule has 0 aromatic heterocycles. The highest BCUT2D eigenvalue weighted by Crippen LogP contribution is 2.63. The molecule has 1 amide bonds. The molecule has 0 saturated heterocycles. The Labute approximate surface area is 362 Å². The Bertz CT molecular complexity index is 2150. The average molecular weight is 849 g/mol. The topological polar surface area (TPSA) is 137 Å². The van der Waals surface area contributed by atoms with Crippen LogP contribution in [0.4, 0.5) is 10.5 Å². The van der Waals surface area contributed by atoms with Crippen molar-refractivity contribution < 1.29 is 43.5 Å². The molecule has 61 heavy (non-hydrogen) atoms. The maximum atomic E-state index is 13.5. The summed E-state index contributed by atoms with van der Waals surface area (Å²) in [6, 6.07) is 30.9. The zero-order valence-corrected chi connectivity index (χ0v) is 35.7. The van der Waals surface area contributed by atoms with Gasteiger partial charge in [0.2, 0.25) is 5.79 Å². The molecule has 322 valence electrons. The molecule has 1 fully saturated rings. The molecule has 4 aromatic rings. The van der Waals surface area contributed by atoms with Crippen LogP contribution in [0.2, 0.25) is 0 Å². The number of nitrogens with zero attached hydrogens (tertiary/aromatic N) is 1. The van der Waals surface area contributed by atoms with Crippen LogP contribution in [0.1, 0.15) is 62.0 Å². The van der Waals surface area contributed by atoms with Crippen molar-refractivity contribution in [3.05, 3.63) is 132 Å². The maximum Gasteiger partial charge on any atom is 0.417 e. The third-order valence-corrected chi connectivity index (χ3v) is 13.1. The number of rotatable bonds is 20. The number of hydrogen-bond acceptors (Lipinski definition) is 11. The van der Waals surface area contributed by atoms with Crippen molar-refractivity contribution in [1.29, 1.82) is 0 Å². The molecule has 2 aliphatic carbocycles. The fraction of sp³-hybridized carbons (Fsp3) is 0.388. The lowest BCUT2D eigenvalue weighted by molar-refractivity contribution is -0.223. The van der Waals surface area contributed by atoms with E-state index in [0.29, 0.717) is 54.6 Å². The zero-order valence-electron chi connectivity index (χ0n) is 34.9. The molecule has 0 bridgehead atoms. The number of fused-ring (bicyclic) bond motifs is 2.